The van der Waals surface area contributed by atoms with Crippen LogP contribution in [0, 0.1) is 5.82 Å². The largest absolute Gasteiger partial charge is 0.451 e. The van der Waals surface area contributed by atoms with E-state index in [2.05, 4.69) is 10.6 Å². The van der Waals surface area contributed by atoms with Crippen LogP contribution in [0.2, 0.25) is 10.0 Å². The van der Waals surface area contributed by atoms with Crippen molar-refractivity contribution in [2.45, 2.75) is 13.0 Å². The maximum atomic E-state index is 13.1. The average molecular weight is 413 g/mol. The second-order valence-corrected chi connectivity index (χ2v) is 6.35. The van der Waals surface area contributed by atoms with Crippen molar-refractivity contribution in [2.24, 2.45) is 0 Å². The van der Waals surface area contributed by atoms with Crippen molar-refractivity contribution >= 4 is 46.7 Å². The fourth-order valence-electron chi connectivity index (χ4n) is 2.05. The lowest BCUT2D eigenvalue weighted by atomic mass is 10.2. The van der Waals surface area contributed by atoms with Crippen molar-refractivity contribution in [1.29, 1.82) is 0 Å². The smallest absolute Gasteiger partial charge is 0.326 e. The van der Waals surface area contributed by atoms with Gasteiger partial charge in [0.1, 0.15) is 12.4 Å². The number of carbonyl (C=O) groups excluding carboxylic acids is 3. The topological polar surface area (TPSA) is 84.5 Å². The number of esters is 1. The Balaban J connectivity index is 1.83. The summed E-state index contributed by atoms with van der Waals surface area (Å²) < 4.78 is 18.0. The zero-order chi connectivity index (χ0) is 20.0. The van der Waals surface area contributed by atoms with E-state index in [9.17, 15) is 18.8 Å². The number of ether oxygens (including phenoxy) is 1. The highest BCUT2D eigenvalue weighted by molar-refractivity contribution is 6.35. The molecule has 0 aromatic heterocycles. The van der Waals surface area contributed by atoms with Crippen LogP contribution >= 0.6 is 23.2 Å². The summed E-state index contributed by atoms with van der Waals surface area (Å²) in [6, 6.07) is 9.47. The first-order valence-corrected chi connectivity index (χ1v) is 8.50. The van der Waals surface area contributed by atoms with Gasteiger partial charge >= 0.3 is 5.97 Å². The average Bonchev–Trinajstić information content (AvgIpc) is 2.58. The van der Waals surface area contributed by atoms with Gasteiger partial charge in [-0.2, -0.15) is 0 Å². The Kier molecular flexibility index (Phi) is 7.15. The predicted octanol–water partition coefficient (Wildman–Crippen LogP) is 3.43. The maximum absolute atomic E-state index is 13.1. The molecule has 27 heavy (non-hydrogen) atoms. The van der Waals surface area contributed by atoms with Crippen LogP contribution in [0.15, 0.2) is 42.5 Å². The van der Waals surface area contributed by atoms with Crippen LogP contribution in [0.5, 0.6) is 0 Å². The van der Waals surface area contributed by atoms with Crippen LogP contribution in [0.1, 0.15) is 17.3 Å². The fourth-order valence-corrected chi connectivity index (χ4v) is 2.57. The first-order valence-electron chi connectivity index (χ1n) is 7.75. The van der Waals surface area contributed by atoms with Gasteiger partial charge in [-0.05, 0) is 43.3 Å². The van der Waals surface area contributed by atoms with Crippen molar-refractivity contribution in [3.05, 3.63) is 63.9 Å². The van der Waals surface area contributed by atoms with Gasteiger partial charge in [0.15, 0.2) is 6.10 Å². The first-order chi connectivity index (χ1) is 12.7. The minimum absolute atomic E-state index is 0.0615. The van der Waals surface area contributed by atoms with Gasteiger partial charge in [-0.1, -0.05) is 29.3 Å². The molecule has 9 heteroatoms. The summed E-state index contributed by atoms with van der Waals surface area (Å²) in [5.74, 6) is -2.64. The van der Waals surface area contributed by atoms with Crippen LogP contribution in [0.25, 0.3) is 0 Å². The molecule has 0 heterocycles. The lowest BCUT2D eigenvalue weighted by Gasteiger charge is -2.14. The molecule has 142 valence electrons. The minimum Gasteiger partial charge on any atom is -0.451 e. The fraction of sp³-hybridized carbons (Fsp3) is 0.167. The Morgan fingerprint density at radius 3 is 2.41 bits per heavy atom. The van der Waals surface area contributed by atoms with E-state index in [-0.39, 0.29) is 5.56 Å². The number of hydrogen-bond donors (Lipinski definition) is 2. The van der Waals surface area contributed by atoms with Crippen LogP contribution in [0.4, 0.5) is 10.1 Å². The second-order valence-electron chi connectivity index (χ2n) is 5.47. The lowest BCUT2D eigenvalue weighted by Crippen LogP contribution is -2.35. The van der Waals surface area contributed by atoms with Gasteiger partial charge in [0.05, 0.1) is 0 Å². The Hall–Kier alpha value is -2.64. The molecule has 6 nitrogen and oxygen atoms in total. The molecule has 2 aromatic rings. The highest BCUT2D eigenvalue weighted by atomic mass is 35.5. The standard InChI is InChI=1S/C18H15Cl2FN2O4/c1-10(17(25)23-15-7-12(19)6-13(20)8-15)27-16(24)9-22-18(26)11-3-2-4-14(21)5-11/h2-8,10H,9H2,1H3,(H,22,26)(H,23,25)/t10-/m0/s1. The van der Waals surface area contributed by atoms with Gasteiger partial charge in [0.25, 0.3) is 11.8 Å². The minimum atomic E-state index is -1.12. The molecule has 0 fully saturated rings. The molecule has 2 N–H and O–H groups in total. The number of amides is 2. The van der Waals surface area contributed by atoms with Crippen LogP contribution in [-0.2, 0) is 14.3 Å². The maximum Gasteiger partial charge on any atom is 0.326 e. The highest BCUT2D eigenvalue weighted by Gasteiger charge is 2.19. The molecule has 0 aliphatic rings. The third kappa shape index (κ3) is 6.54. The number of hydrogen-bond acceptors (Lipinski definition) is 4. The van der Waals surface area contributed by atoms with Crippen molar-refractivity contribution in [1.82, 2.24) is 5.32 Å². The molecule has 2 amide bonds. The summed E-state index contributed by atoms with van der Waals surface area (Å²) in [7, 11) is 0. The molecule has 0 unspecified atom stereocenters. The summed E-state index contributed by atoms with van der Waals surface area (Å²) in [5.41, 5.74) is 0.409. The molecule has 1 atom stereocenters. The third-order valence-corrected chi connectivity index (χ3v) is 3.72. The molecule has 0 spiro atoms. The van der Waals surface area contributed by atoms with E-state index in [1.807, 2.05) is 0 Å². The Morgan fingerprint density at radius 1 is 1.11 bits per heavy atom. The number of carbonyl (C=O) groups is 3. The second kappa shape index (κ2) is 9.34. The Morgan fingerprint density at radius 2 is 1.78 bits per heavy atom. The van der Waals surface area contributed by atoms with Crippen LogP contribution < -0.4 is 10.6 Å². The van der Waals surface area contributed by atoms with E-state index in [1.54, 1.807) is 0 Å². The van der Waals surface area contributed by atoms with E-state index >= 15 is 0 Å². The van der Waals surface area contributed by atoms with Crippen molar-refractivity contribution in [3.63, 3.8) is 0 Å². The molecule has 0 bridgehead atoms. The van der Waals surface area contributed by atoms with Crippen molar-refractivity contribution in [2.75, 3.05) is 11.9 Å². The number of benzene rings is 2. The molecule has 2 rings (SSSR count). The Bertz CT molecular complexity index is 856. The molecule has 0 aliphatic carbocycles. The van der Waals surface area contributed by atoms with Crippen molar-refractivity contribution < 1.29 is 23.5 Å². The quantitative estimate of drug-likeness (QED) is 0.711. The molecule has 0 radical (unpaired) electrons. The molecule has 0 saturated heterocycles. The van der Waals surface area contributed by atoms with Crippen LogP contribution in [0.3, 0.4) is 0 Å². The van der Waals surface area contributed by atoms with E-state index in [0.717, 1.165) is 6.07 Å². The molecular weight excluding hydrogens is 398 g/mol. The summed E-state index contributed by atoms with van der Waals surface area (Å²) in [5, 5.41) is 5.47. The molecule has 2 aromatic carbocycles. The van der Waals surface area contributed by atoms with E-state index < -0.39 is 36.2 Å². The van der Waals surface area contributed by atoms with Gasteiger partial charge in [-0.25, -0.2) is 4.39 Å². The molecule has 0 aliphatic heterocycles. The van der Waals surface area contributed by atoms with Gasteiger partial charge in [0.2, 0.25) is 0 Å². The van der Waals surface area contributed by atoms with Crippen molar-refractivity contribution in [3.8, 4) is 0 Å². The third-order valence-electron chi connectivity index (χ3n) is 3.29. The van der Waals surface area contributed by atoms with Crippen LogP contribution in [-0.4, -0.2) is 30.4 Å². The van der Waals surface area contributed by atoms with Gasteiger partial charge in [-0.3, -0.25) is 14.4 Å². The summed E-state index contributed by atoms with van der Waals surface area (Å²) in [6.07, 6.45) is -1.12. The highest BCUT2D eigenvalue weighted by Crippen LogP contribution is 2.22. The number of rotatable bonds is 6. The number of nitrogens with one attached hydrogen (secondary N) is 2. The molecular formula is C18H15Cl2FN2O4. The molecule has 0 saturated carbocycles. The van der Waals surface area contributed by atoms with Gasteiger partial charge in [-0.15, -0.1) is 0 Å². The zero-order valence-electron chi connectivity index (χ0n) is 14.1. The SMILES string of the molecule is C[C@H](OC(=O)CNC(=O)c1cccc(F)c1)C(=O)Nc1cc(Cl)cc(Cl)c1. The van der Waals surface area contributed by atoms with Gasteiger partial charge in [0, 0.05) is 21.3 Å². The van der Waals surface area contributed by atoms with E-state index in [4.69, 9.17) is 27.9 Å². The summed E-state index contributed by atoms with van der Waals surface area (Å²) >= 11 is 11.7. The summed E-state index contributed by atoms with van der Waals surface area (Å²) in [4.78, 5) is 35.7. The Labute approximate surface area is 164 Å². The zero-order valence-corrected chi connectivity index (χ0v) is 15.6. The lowest BCUT2D eigenvalue weighted by molar-refractivity contribution is -0.152. The normalized spacial score (nSPS) is 11.4. The van der Waals surface area contributed by atoms with E-state index in [0.29, 0.717) is 15.7 Å². The van der Waals surface area contributed by atoms with E-state index in [1.165, 1.54) is 43.3 Å². The first kappa shape index (κ1) is 20.7. The number of anilines is 1. The monoisotopic (exact) mass is 412 g/mol. The summed E-state index contributed by atoms with van der Waals surface area (Å²) in [6.45, 7) is 0.893. The predicted molar refractivity (Wildman–Crippen MR) is 99.4 cm³/mol. The van der Waals surface area contributed by atoms with Gasteiger partial charge < -0.3 is 15.4 Å². The number of halogens is 3.